The van der Waals surface area contributed by atoms with Crippen molar-refractivity contribution in [2.45, 2.75) is 11.8 Å². The molecule has 6 nitrogen and oxygen atoms in total. The van der Waals surface area contributed by atoms with Crippen LogP contribution in [0.5, 0.6) is 0 Å². The molecule has 2 aromatic heterocycles. The number of carbonyl (C=O) groups is 1. The van der Waals surface area contributed by atoms with Crippen LogP contribution in [0.2, 0.25) is 0 Å². The number of aromatic nitrogens is 1. The van der Waals surface area contributed by atoms with Crippen LogP contribution in [0.25, 0.3) is 9.88 Å². The van der Waals surface area contributed by atoms with Gasteiger partial charge in [-0.05, 0) is 30.5 Å². The van der Waals surface area contributed by atoms with Crippen LogP contribution in [0, 0.1) is 18.6 Å². The largest absolute Gasteiger partial charge is 0.335 e. The first-order valence-electron chi connectivity index (χ1n) is 9.04. The van der Waals surface area contributed by atoms with Crippen LogP contribution in [0.1, 0.15) is 15.4 Å². The van der Waals surface area contributed by atoms with Crippen LogP contribution in [0.4, 0.5) is 8.78 Å². The van der Waals surface area contributed by atoms with E-state index in [1.54, 1.807) is 11.8 Å². The summed E-state index contributed by atoms with van der Waals surface area (Å²) in [6, 6.07) is 6.78. The molecule has 1 aliphatic heterocycles. The number of aryl methyl sites for hydroxylation is 1. The van der Waals surface area contributed by atoms with E-state index in [0.29, 0.717) is 10.6 Å². The number of benzene rings is 1. The van der Waals surface area contributed by atoms with Crippen LogP contribution in [-0.2, 0) is 10.0 Å². The summed E-state index contributed by atoms with van der Waals surface area (Å²) in [6.07, 6.45) is 0. The van der Waals surface area contributed by atoms with E-state index in [1.165, 1.54) is 22.7 Å². The number of nitrogens with zero attached hydrogens (tertiary/aromatic N) is 3. The average Bonchev–Trinajstić information content (AvgIpc) is 3.37. The SMILES string of the molecule is Cc1nc(-c2cccs2)sc1C(=O)N1CCN(S(=O)(=O)c2c(F)cccc2F)CC1. The fraction of sp³-hybridized carbons (Fsp3) is 0.263. The zero-order valence-corrected chi connectivity index (χ0v) is 18.3. The van der Waals surface area contributed by atoms with Crippen molar-refractivity contribution in [2.24, 2.45) is 0 Å². The first-order valence-corrected chi connectivity index (χ1v) is 12.2. The van der Waals surface area contributed by atoms with E-state index in [0.717, 1.165) is 32.4 Å². The van der Waals surface area contributed by atoms with Crippen LogP contribution < -0.4 is 0 Å². The van der Waals surface area contributed by atoms with Gasteiger partial charge in [0.2, 0.25) is 10.0 Å². The van der Waals surface area contributed by atoms with Crippen molar-refractivity contribution < 1.29 is 22.0 Å². The molecule has 1 aromatic carbocycles. The highest BCUT2D eigenvalue weighted by molar-refractivity contribution is 7.89. The Bertz CT molecular complexity index is 1160. The summed E-state index contributed by atoms with van der Waals surface area (Å²) in [5.41, 5.74) is 0.622. The molecule has 1 fully saturated rings. The molecule has 158 valence electrons. The fourth-order valence-corrected chi connectivity index (χ4v) is 6.60. The number of hydrogen-bond acceptors (Lipinski definition) is 6. The molecule has 0 spiro atoms. The summed E-state index contributed by atoms with van der Waals surface area (Å²) in [5, 5.41) is 2.70. The molecule has 1 aliphatic rings. The number of carbonyl (C=O) groups excluding carboxylic acids is 1. The lowest BCUT2D eigenvalue weighted by atomic mass is 10.3. The highest BCUT2D eigenvalue weighted by Crippen LogP contribution is 2.32. The molecule has 11 heteroatoms. The number of thiophene rings is 1. The third-order valence-electron chi connectivity index (χ3n) is 4.77. The van der Waals surface area contributed by atoms with Crippen LogP contribution in [-0.4, -0.2) is 54.7 Å². The monoisotopic (exact) mass is 469 g/mol. The Labute approximate surface area is 180 Å². The van der Waals surface area contributed by atoms with Crippen LogP contribution in [0.15, 0.2) is 40.6 Å². The van der Waals surface area contributed by atoms with E-state index in [9.17, 15) is 22.0 Å². The third-order valence-corrected chi connectivity index (χ3v) is 8.90. The summed E-state index contributed by atoms with van der Waals surface area (Å²) < 4.78 is 54.4. The molecule has 3 aromatic rings. The van der Waals surface area contributed by atoms with Crippen molar-refractivity contribution in [1.29, 1.82) is 0 Å². The van der Waals surface area contributed by atoms with Crippen molar-refractivity contribution in [2.75, 3.05) is 26.2 Å². The van der Waals surface area contributed by atoms with Crippen molar-refractivity contribution >= 4 is 38.6 Å². The minimum Gasteiger partial charge on any atom is -0.335 e. The Morgan fingerprint density at radius 3 is 2.33 bits per heavy atom. The lowest BCUT2D eigenvalue weighted by molar-refractivity contribution is 0.0701. The van der Waals surface area contributed by atoms with Gasteiger partial charge in [0.05, 0.1) is 10.6 Å². The summed E-state index contributed by atoms with van der Waals surface area (Å²) in [4.78, 5) is 19.5. The number of sulfonamides is 1. The van der Waals surface area contributed by atoms with Crippen molar-refractivity contribution in [1.82, 2.24) is 14.2 Å². The molecule has 0 radical (unpaired) electrons. The minimum atomic E-state index is -4.33. The van der Waals surface area contributed by atoms with Gasteiger partial charge in [0.25, 0.3) is 5.91 Å². The van der Waals surface area contributed by atoms with Gasteiger partial charge >= 0.3 is 0 Å². The lowest BCUT2D eigenvalue weighted by Gasteiger charge is -2.33. The molecular weight excluding hydrogens is 452 g/mol. The average molecular weight is 470 g/mol. The topological polar surface area (TPSA) is 70.6 Å². The van der Waals surface area contributed by atoms with Gasteiger partial charge in [-0.3, -0.25) is 4.79 Å². The Morgan fingerprint density at radius 2 is 1.73 bits per heavy atom. The third kappa shape index (κ3) is 3.78. The molecular formula is C19H17F2N3O3S3. The number of halogens is 2. The number of hydrogen-bond donors (Lipinski definition) is 0. The predicted molar refractivity (Wildman–Crippen MR) is 111 cm³/mol. The molecule has 0 aliphatic carbocycles. The molecule has 0 atom stereocenters. The van der Waals surface area contributed by atoms with Crippen LogP contribution >= 0.6 is 22.7 Å². The second-order valence-corrected chi connectivity index (χ2v) is 10.5. The first-order chi connectivity index (χ1) is 14.3. The highest BCUT2D eigenvalue weighted by Gasteiger charge is 2.35. The first kappa shape index (κ1) is 21.0. The zero-order chi connectivity index (χ0) is 21.5. The molecule has 30 heavy (non-hydrogen) atoms. The smallest absolute Gasteiger partial charge is 0.265 e. The lowest BCUT2D eigenvalue weighted by Crippen LogP contribution is -2.50. The molecule has 4 rings (SSSR count). The van der Waals surface area contributed by atoms with Gasteiger partial charge < -0.3 is 4.90 Å². The van der Waals surface area contributed by atoms with Crippen LogP contribution in [0.3, 0.4) is 0 Å². The maximum absolute atomic E-state index is 14.0. The standard InChI is InChI=1S/C19H17F2N3O3S3/c1-12-16(29-18(22-12)15-6-3-11-28-15)19(25)23-7-9-24(10-8-23)30(26,27)17-13(20)4-2-5-14(17)21/h2-6,11H,7-10H2,1H3. The number of amides is 1. The molecule has 1 saturated heterocycles. The minimum absolute atomic E-state index is 0.0442. The van der Waals surface area contributed by atoms with Crippen molar-refractivity contribution in [3.8, 4) is 9.88 Å². The number of rotatable bonds is 4. The Balaban J connectivity index is 1.49. The Morgan fingerprint density at radius 1 is 1.07 bits per heavy atom. The molecule has 0 bridgehead atoms. The summed E-state index contributed by atoms with van der Waals surface area (Å²) in [6.45, 7) is 1.93. The highest BCUT2D eigenvalue weighted by atomic mass is 32.2. The molecule has 0 N–H and O–H groups in total. The normalized spacial score (nSPS) is 15.5. The predicted octanol–water partition coefficient (Wildman–Crippen LogP) is 3.60. The molecule has 3 heterocycles. The van der Waals surface area contributed by atoms with E-state index in [1.807, 2.05) is 17.5 Å². The molecule has 0 unspecified atom stereocenters. The van der Waals surface area contributed by atoms with Gasteiger partial charge in [0.15, 0.2) is 4.90 Å². The van der Waals surface area contributed by atoms with Gasteiger partial charge in [-0.15, -0.1) is 22.7 Å². The second kappa shape index (κ2) is 8.14. The number of piperazine rings is 1. The summed E-state index contributed by atoms with van der Waals surface area (Å²) >= 11 is 2.84. The fourth-order valence-electron chi connectivity index (χ4n) is 3.23. The van der Waals surface area contributed by atoms with E-state index in [-0.39, 0.29) is 32.1 Å². The maximum atomic E-state index is 14.0. The Kier molecular flexibility index (Phi) is 5.71. The summed E-state index contributed by atoms with van der Waals surface area (Å²) in [5.74, 6) is -2.48. The van der Waals surface area contributed by atoms with Crippen molar-refractivity contribution in [3.05, 3.63) is 57.9 Å². The molecule has 0 saturated carbocycles. The van der Waals surface area contributed by atoms with Gasteiger partial charge in [-0.25, -0.2) is 22.2 Å². The van der Waals surface area contributed by atoms with Crippen molar-refractivity contribution in [3.63, 3.8) is 0 Å². The second-order valence-electron chi connectivity index (χ2n) is 6.66. The van der Waals surface area contributed by atoms with E-state index < -0.39 is 26.6 Å². The molecule has 1 amide bonds. The van der Waals surface area contributed by atoms with E-state index >= 15 is 0 Å². The number of thiazole rings is 1. The van der Waals surface area contributed by atoms with Gasteiger partial charge in [0.1, 0.15) is 21.5 Å². The quantitative estimate of drug-likeness (QED) is 0.585. The van der Waals surface area contributed by atoms with E-state index in [2.05, 4.69) is 4.98 Å². The van der Waals surface area contributed by atoms with E-state index in [4.69, 9.17) is 0 Å². The zero-order valence-electron chi connectivity index (χ0n) is 15.8. The maximum Gasteiger partial charge on any atom is 0.265 e. The van der Waals surface area contributed by atoms with Gasteiger partial charge in [-0.1, -0.05) is 12.1 Å². The Hall–Kier alpha value is -2.21. The van der Waals surface area contributed by atoms with Gasteiger partial charge in [-0.2, -0.15) is 4.31 Å². The summed E-state index contributed by atoms with van der Waals surface area (Å²) in [7, 11) is -4.33. The van der Waals surface area contributed by atoms with Gasteiger partial charge in [0, 0.05) is 26.2 Å².